The summed E-state index contributed by atoms with van der Waals surface area (Å²) in [7, 11) is 1.97. The molecule has 5 nitrogen and oxygen atoms in total. The predicted octanol–water partition coefficient (Wildman–Crippen LogP) is 2.23. The minimum Gasteiger partial charge on any atom is -0.307 e. The van der Waals surface area contributed by atoms with Gasteiger partial charge in [0.1, 0.15) is 5.65 Å². The first-order valence-corrected chi connectivity index (χ1v) is 6.79. The number of nitrogens with one attached hydrogen (secondary N) is 1. The van der Waals surface area contributed by atoms with Crippen LogP contribution in [0.4, 0.5) is 0 Å². The zero-order chi connectivity index (χ0) is 14.1. The second-order valence-corrected chi connectivity index (χ2v) is 5.16. The van der Waals surface area contributed by atoms with E-state index in [-0.39, 0.29) is 6.04 Å². The van der Waals surface area contributed by atoms with Crippen LogP contribution in [-0.4, -0.2) is 19.2 Å². The van der Waals surface area contributed by atoms with Gasteiger partial charge in [-0.25, -0.2) is 4.98 Å². The van der Waals surface area contributed by atoms with Gasteiger partial charge in [-0.2, -0.15) is 5.10 Å². The number of hydrogen-bond donors (Lipinski definition) is 1. The van der Waals surface area contributed by atoms with Gasteiger partial charge in [-0.05, 0) is 37.6 Å². The van der Waals surface area contributed by atoms with Crippen LogP contribution >= 0.6 is 0 Å². The summed E-state index contributed by atoms with van der Waals surface area (Å²) in [6.45, 7) is 5.01. The van der Waals surface area contributed by atoms with Crippen molar-refractivity contribution in [1.29, 1.82) is 0 Å². The molecule has 3 heterocycles. The van der Waals surface area contributed by atoms with E-state index in [1.54, 1.807) is 0 Å². The van der Waals surface area contributed by atoms with Crippen molar-refractivity contribution in [2.45, 2.75) is 26.4 Å². The van der Waals surface area contributed by atoms with E-state index in [1.165, 1.54) is 11.3 Å². The first-order valence-electron chi connectivity index (χ1n) is 6.79. The van der Waals surface area contributed by atoms with Gasteiger partial charge in [-0.15, -0.1) is 0 Å². The fraction of sp³-hybridized carbons (Fsp3) is 0.333. The van der Waals surface area contributed by atoms with Crippen LogP contribution in [0.15, 0.2) is 36.8 Å². The first kappa shape index (κ1) is 12.9. The zero-order valence-corrected chi connectivity index (χ0v) is 12.0. The Hall–Kier alpha value is -2.14. The maximum atomic E-state index is 4.50. The summed E-state index contributed by atoms with van der Waals surface area (Å²) < 4.78 is 3.92. The highest BCUT2D eigenvalue weighted by Gasteiger charge is 2.09. The van der Waals surface area contributed by atoms with Gasteiger partial charge >= 0.3 is 0 Å². The molecule has 0 radical (unpaired) electrons. The molecule has 3 rings (SSSR count). The average molecular weight is 269 g/mol. The van der Waals surface area contributed by atoms with E-state index in [1.807, 2.05) is 34.7 Å². The lowest BCUT2D eigenvalue weighted by Gasteiger charge is -2.11. The van der Waals surface area contributed by atoms with Crippen molar-refractivity contribution in [3.05, 3.63) is 53.7 Å². The molecule has 0 bridgehead atoms. The van der Waals surface area contributed by atoms with Gasteiger partial charge < -0.3 is 9.72 Å². The van der Waals surface area contributed by atoms with Crippen LogP contribution in [0.5, 0.6) is 0 Å². The fourth-order valence-electron chi connectivity index (χ4n) is 2.24. The van der Waals surface area contributed by atoms with Crippen LogP contribution in [0.2, 0.25) is 0 Å². The lowest BCUT2D eigenvalue weighted by molar-refractivity contribution is 0.550. The molecule has 1 unspecified atom stereocenters. The molecule has 0 aliphatic rings. The minimum absolute atomic E-state index is 0.228. The highest BCUT2D eigenvalue weighted by atomic mass is 15.3. The van der Waals surface area contributed by atoms with Gasteiger partial charge in [0.25, 0.3) is 0 Å². The maximum absolute atomic E-state index is 4.50. The van der Waals surface area contributed by atoms with Gasteiger partial charge in [0.2, 0.25) is 0 Å². The Morgan fingerprint density at radius 1 is 1.30 bits per heavy atom. The number of pyridine rings is 1. The molecule has 0 aliphatic heterocycles. The Balaban J connectivity index is 1.69. The summed E-state index contributed by atoms with van der Waals surface area (Å²) in [4.78, 5) is 4.30. The van der Waals surface area contributed by atoms with Crippen molar-refractivity contribution >= 4 is 5.65 Å². The zero-order valence-electron chi connectivity index (χ0n) is 12.0. The van der Waals surface area contributed by atoms with Crippen molar-refractivity contribution in [3.63, 3.8) is 0 Å². The number of aromatic nitrogens is 4. The Morgan fingerprint density at radius 2 is 2.15 bits per heavy atom. The molecule has 3 aromatic heterocycles. The van der Waals surface area contributed by atoms with Crippen LogP contribution in [0.1, 0.15) is 29.9 Å². The number of nitrogens with zero attached hydrogens (tertiary/aromatic N) is 4. The van der Waals surface area contributed by atoms with E-state index in [0.717, 1.165) is 17.9 Å². The third kappa shape index (κ3) is 2.44. The van der Waals surface area contributed by atoms with Crippen molar-refractivity contribution in [2.75, 3.05) is 0 Å². The third-order valence-electron chi connectivity index (χ3n) is 3.65. The van der Waals surface area contributed by atoms with E-state index >= 15 is 0 Å². The molecule has 0 saturated heterocycles. The van der Waals surface area contributed by atoms with E-state index in [2.05, 4.69) is 47.4 Å². The van der Waals surface area contributed by atoms with Gasteiger partial charge in [-0.1, -0.05) is 0 Å². The first-order chi connectivity index (χ1) is 9.63. The van der Waals surface area contributed by atoms with Crippen molar-refractivity contribution < 1.29 is 0 Å². The van der Waals surface area contributed by atoms with Gasteiger partial charge in [0.05, 0.1) is 5.69 Å². The minimum atomic E-state index is 0.228. The highest BCUT2D eigenvalue weighted by molar-refractivity contribution is 5.41. The molecule has 5 heteroatoms. The lowest BCUT2D eigenvalue weighted by Crippen LogP contribution is -2.18. The quantitative estimate of drug-likeness (QED) is 0.790. The molecule has 0 amide bonds. The average Bonchev–Trinajstić information content (AvgIpc) is 3.03. The van der Waals surface area contributed by atoms with Gasteiger partial charge in [0, 0.05) is 43.9 Å². The summed E-state index contributed by atoms with van der Waals surface area (Å²) in [5, 5.41) is 8.00. The Morgan fingerprint density at radius 3 is 2.90 bits per heavy atom. The second-order valence-electron chi connectivity index (χ2n) is 5.16. The molecule has 1 atom stereocenters. The summed E-state index contributed by atoms with van der Waals surface area (Å²) >= 11 is 0. The monoisotopic (exact) mass is 269 g/mol. The standard InChI is InChI=1S/C15H19N5/c1-11-8-14(18-19(11)3)12(2)17-10-13-4-6-20-7-5-16-15(20)9-13/h4-9,12,17H,10H2,1-3H3. The Labute approximate surface area is 118 Å². The molecule has 0 saturated carbocycles. The summed E-state index contributed by atoms with van der Waals surface area (Å²) in [6.07, 6.45) is 5.80. The molecule has 104 valence electrons. The topological polar surface area (TPSA) is 47.1 Å². The number of hydrogen-bond acceptors (Lipinski definition) is 3. The predicted molar refractivity (Wildman–Crippen MR) is 78.4 cm³/mol. The largest absolute Gasteiger partial charge is 0.307 e. The normalized spacial score (nSPS) is 12.9. The SMILES string of the molecule is Cc1cc(C(C)NCc2ccn3ccnc3c2)nn1C. The molecule has 20 heavy (non-hydrogen) atoms. The number of imidazole rings is 1. The molecule has 3 aromatic rings. The molecule has 0 aliphatic carbocycles. The Bertz CT molecular complexity index is 705. The van der Waals surface area contributed by atoms with Crippen LogP contribution in [0.3, 0.4) is 0 Å². The number of fused-ring (bicyclic) bond motifs is 1. The number of rotatable bonds is 4. The van der Waals surface area contributed by atoms with E-state index in [9.17, 15) is 0 Å². The Kier molecular flexibility index (Phi) is 3.28. The van der Waals surface area contributed by atoms with Crippen molar-refractivity contribution in [1.82, 2.24) is 24.5 Å². The van der Waals surface area contributed by atoms with Crippen LogP contribution in [0.25, 0.3) is 5.65 Å². The van der Waals surface area contributed by atoms with E-state index in [0.29, 0.717) is 0 Å². The van der Waals surface area contributed by atoms with E-state index in [4.69, 9.17) is 0 Å². The fourth-order valence-corrected chi connectivity index (χ4v) is 2.24. The van der Waals surface area contributed by atoms with Gasteiger partial charge in [0.15, 0.2) is 0 Å². The third-order valence-corrected chi connectivity index (χ3v) is 3.65. The lowest BCUT2D eigenvalue weighted by atomic mass is 10.2. The smallest absolute Gasteiger partial charge is 0.136 e. The van der Waals surface area contributed by atoms with Crippen molar-refractivity contribution in [2.24, 2.45) is 7.05 Å². The summed E-state index contributed by atoms with van der Waals surface area (Å²) in [6, 6.07) is 6.56. The highest BCUT2D eigenvalue weighted by Crippen LogP contribution is 2.13. The van der Waals surface area contributed by atoms with Crippen LogP contribution < -0.4 is 5.32 Å². The summed E-state index contributed by atoms with van der Waals surface area (Å²) in [5.41, 5.74) is 4.45. The van der Waals surface area contributed by atoms with E-state index < -0.39 is 0 Å². The molecule has 0 fully saturated rings. The second kappa shape index (κ2) is 5.09. The van der Waals surface area contributed by atoms with Gasteiger partial charge in [-0.3, -0.25) is 4.68 Å². The summed E-state index contributed by atoms with van der Waals surface area (Å²) in [5.74, 6) is 0. The molecule has 0 aromatic carbocycles. The maximum Gasteiger partial charge on any atom is 0.136 e. The van der Waals surface area contributed by atoms with Crippen molar-refractivity contribution in [3.8, 4) is 0 Å². The molecule has 1 N–H and O–H groups in total. The molecule has 0 spiro atoms. The molecular formula is C15H19N5. The molecular weight excluding hydrogens is 250 g/mol. The number of aryl methyl sites for hydroxylation is 2. The van der Waals surface area contributed by atoms with Crippen LogP contribution in [-0.2, 0) is 13.6 Å². The van der Waals surface area contributed by atoms with Crippen LogP contribution in [0, 0.1) is 6.92 Å².